The van der Waals surface area contributed by atoms with Gasteiger partial charge in [0.15, 0.2) is 0 Å². The first-order chi connectivity index (χ1) is 10.8. The van der Waals surface area contributed by atoms with E-state index in [1.165, 1.54) is 25.9 Å². The number of nitrogens with one attached hydrogen (secondary N) is 1. The summed E-state index contributed by atoms with van der Waals surface area (Å²) < 4.78 is 5.61. The van der Waals surface area contributed by atoms with Gasteiger partial charge in [0.25, 0.3) is 5.91 Å². The van der Waals surface area contributed by atoms with Gasteiger partial charge in [-0.3, -0.25) is 4.79 Å². The van der Waals surface area contributed by atoms with E-state index in [0.717, 1.165) is 37.2 Å². The van der Waals surface area contributed by atoms with Crippen molar-refractivity contribution < 1.29 is 9.53 Å². The Morgan fingerprint density at radius 2 is 2.36 bits per heavy atom. The van der Waals surface area contributed by atoms with Crippen LogP contribution in [-0.4, -0.2) is 43.6 Å². The van der Waals surface area contributed by atoms with E-state index in [1.54, 1.807) is 0 Å². The summed E-state index contributed by atoms with van der Waals surface area (Å²) in [4.78, 5) is 14.9. The minimum atomic E-state index is 0.00177. The summed E-state index contributed by atoms with van der Waals surface area (Å²) in [6.07, 6.45) is 4.55. The third kappa shape index (κ3) is 3.43. The highest BCUT2D eigenvalue weighted by Gasteiger charge is 2.21. The molecule has 0 saturated carbocycles. The Morgan fingerprint density at radius 3 is 3.23 bits per heavy atom. The number of ether oxygens (including phenoxy) is 1. The second-order valence-corrected chi connectivity index (χ2v) is 6.34. The van der Waals surface area contributed by atoms with E-state index in [9.17, 15) is 4.79 Å². The third-order valence-electron chi connectivity index (χ3n) is 4.85. The molecule has 1 fully saturated rings. The van der Waals surface area contributed by atoms with Gasteiger partial charge in [-0.2, -0.15) is 0 Å². The van der Waals surface area contributed by atoms with Crippen LogP contribution < -0.4 is 10.1 Å². The maximum atomic E-state index is 12.4. The van der Waals surface area contributed by atoms with Crippen LogP contribution >= 0.6 is 0 Å². The maximum Gasteiger partial charge on any atom is 0.255 e. The predicted octanol–water partition coefficient (Wildman–Crippen LogP) is 2.47. The van der Waals surface area contributed by atoms with Crippen LogP contribution in [0, 0.1) is 5.92 Å². The van der Waals surface area contributed by atoms with Crippen molar-refractivity contribution in [2.75, 3.05) is 32.8 Å². The fourth-order valence-electron chi connectivity index (χ4n) is 3.55. The quantitative estimate of drug-likeness (QED) is 0.908. The second-order valence-electron chi connectivity index (χ2n) is 6.34. The molecule has 0 radical (unpaired) electrons. The van der Waals surface area contributed by atoms with E-state index in [-0.39, 0.29) is 5.91 Å². The molecule has 3 rings (SSSR count). The van der Waals surface area contributed by atoms with Gasteiger partial charge in [0.2, 0.25) is 0 Å². The van der Waals surface area contributed by atoms with Crippen LogP contribution in [-0.2, 0) is 6.42 Å². The molecule has 4 heteroatoms. The normalized spacial score (nSPS) is 21.2. The van der Waals surface area contributed by atoms with Crippen molar-refractivity contribution in [3.8, 4) is 5.75 Å². The summed E-state index contributed by atoms with van der Waals surface area (Å²) in [5, 5.41) is 3.07. The van der Waals surface area contributed by atoms with E-state index >= 15 is 0 Å². The summed E-state index contributed by atoms with van der Waals surface area (Å²) >= 11 is 0. The Hall–Kier alpha value is -1.55. The van der Waals surface area contributed by atoms with Crippen molar-refractivity contribution in [2.24, 2.45) is 5.92 Å². The molecule has 1 aromatic rings. The minimum absolute atomic E-state index is 0.00177. The molecule has 1 amide bonds. The zero-order valence-corrected chi connectivity index (χ0v) is 13.4. The average molecular weight is 302 g/mol. The zero-order valence-electron chi connectivity index (χ0n) is 13.4. The first-order valence-electron chi connectivity index (χ1n) is 8.53. The summed E-state index contributed by atoms with van der Waals surface area (Å²) in [5.74, 6) is 1.50. The molecule has 1 atom stereocenters. The number of fused-ring (bicyclic) bond motifs is 1. The van der Waals surface area contributed by atoms with Crippen LogP contribution in [0.15, 0.2) is 18.2 Å². The number of carbonyl (C=O) groups is 1. The van der Waals surface area contributed by atoms with Crippen LogP contribution in [0.2, 0.25) is 0 Å². The van der Waals surface area contributed by atoms with Gasteiger partial charge < -0.3 is 15.0 Å². The molecule has 2 heterocycles. The number of para-hydroxylation sites is 1. The fraction of sp³-hybridized carbons (Fsp3) is 0.611. The van der Waals surface area contributed by atoms with Gasteiger partial charge in [0, 0.05) is 19.5 Å². The van der Waals surface area contributed by atoms with E-state index in [4.69, 9.17) is 4.74 Å². The van der Waals surface area contributed by atoms with Gasteiger partial charge in [-0.05, 0) is 49.9 Å². The monoisotopic (exact) mass is 302 g/mol. The van der Waals surface area contributed by atoms with Crippen molar-refractivity contribution in [3.63, 3.8) is 0 Å². The number of rotatable bonds is 5. The molecule has 2 aliphatic heterocycles. The van der Waals surface area contributed by atoms with Gasteiger partial charge in [0.05, 0.1) is 12.2 Å². The van der Waals surface area contributed by atoms with Crippen LogP contribution in [0.3, 0.4) is 0 Å². The van der Waals surface area contributed by atoms with Crippen molar-refractivity contribution in [1.82, 2.24) is 10.2 Å². The van der Waals surface area contributed by atoms with Gasteiger partial charge in [-0.15, -0.1) is 0 Å². The van der Waals surface area contributed by atoms with Crippen LogP contribution in [0.5, 0.6) is 5.75 Å². The molecule has 0 aromatic heterocycles. The maximum absolute atomic E-state index is 12.4. The molecule has 1 saturated heterocycles. The second kappa shape index (κ2) is 7.14. The highest BCUT2D eigenvalue weighted by atomic mass is 16.5. The number of piperidine rings is 1. The highest BCUT2D eigenvalue weighted by molar-refractivity contribution is 5.97. The Balaban J connectivity index is 1.50. The number of nitrogens with zero attached hydrogens (tertiary/aromatic N) is 1. The largest absolute Gasteiger partial charge is 0.492 e. The number of carbonyl (C=O) groups excluding carboxylic acids is 1. The number of hydrogen-bond acceptors (Lipinski definition) is 3. The van der Waals surface area contributed by atoms with Crippen molar-refractivity contribution >= 4 is 5.91 Å². The summed E-state index contributed by atoms with van der Waals surface area (Å²) in [7, 11) is 0. The molecule has 0 aliphatic carbocycles. The zero-order chi connectivity index (χ0) is 15.4. The van der Waals surface area contributed by atoms with E-state index < -0.39 is 0 Å². The van der Waals surface area contributed by atoms with Crippen molar-refractivity contribution in [2.45, 2.75) is 32.6 Å². The number of benzene rings is 1. The molecular formula is C18H26N2O2. The molecule has 1 aromatic carbocycles. The predicted molar refractivity (Wildman–Crippen MR) is 87.4 cm³/mol. The average Bonchev–Trinajstić information content (AvgIpc) is 3.03. The molecule has 1 unspecified atom stereocenters. The molecule has 0 spiro atoms. The first-order valence-corrected chi connectivity index (χ1v) is 8.53. The molecule has 120 valence electrons. The van der Waals surface area contributed by atoms with Gasteiger partial charge in [-0.25, -0.2) is 0 Å². The summed E-state index contributed by atoms with van der Waals surface area (Å²) in [5.41, 5.74) is 1.84. The first kappa shape index (κ1) is 15.3. The Labute approximate surface area is 132 Å². The molecular weight excluding hydrogens is 276 g/mol. The topological polar surface area (TPSA) is 41.6 Å². The molecule has 0 bridgehead atoms. The van der Waals surface area contributed by atoms with E-state index in [1.807, 2.05) is 18.2 Å². The summed E-state index contributed by atoms with van der Waals surface area (Å²) in [6, 6.07) is 5.85. The van der Waals surface area contributed by atoms with Crippen LogP contribution in [0.25, 0.3) is 0 Å². The van der Waals surface area contributed by atoms with Gasteiger partial charge in [0.1, 0.15) is 5.75 Å². The minimum Gasteiger partial charge on any atom is -0.492 e. The van der Waals surface area contributed by atoms with E-state index in [0.29, 0.717) is 18.1 Å². The number of likely N-dealkylation sites (tertiary alicyclic amines) is 1. The SMILES string of the molecule is CCN1CCCC(CCNC(=O)c2cccc3c2OCC3)C1. The highest BCUT2D eigenvalue weighted by Crippen LogP contribution is 2.29. The Kier molecular flexibility index (Phi) is 4.98. The lowest BCUT2D eigenvalue weighted by Crippen LogP contribution is -2.36. The lowest BCUT2D eigenvalue weighted by atomic mass is 9.95. The number of amides is 1. The Morgan fingerprint density at radius 1 is 1.45 bits per heavy atom. The van der Waals surface area contributed by atoms with Crippen LogP contribution in [0.4, 0.5) is 0 Å². The Bertz CT molecular complexity index is 530. The lowest BCUT2D eigenvalue weighted by Gasteiger charge is -2.31. The third-order valence-corrected chi connectivity index (χ3v) is 4.85. The smallest absolute Gasteiger partial charge is 0.255 e. The number of hydrogen-bond donors (Lipinski definition) is 1. The summed E-state index contributed by atoms with van der Waals surface area (Å²) in [6.45, 7) is 7.21. The molecule has 1 N–H and O–H groups in total. The van der Waals surface area contributed by atoms with Gasteiger partial charge >= 0.3 is 0 Å². The van der Waals surface area contributed by atoms with Crippen LogP contribution in [0.1, 0.15) is 42.1 Å². The molecule has 2 aliphatic rings. The fourth-order valence-corrected chi connectivity index (χ4v) is 3.55. The van der Waals surface area contributed by atoms with Gasteiger partial charge in [-0.1, -0.05) is 19.1 Å². The van der Waals surface area contributed by atoms with E-state index in [2.05, 4.69) is 17.1 Å². The lowest BCUT2D eigenvalue weighted by molar-refractivity contribution is 0.0944. The molecule has 4 nitrogen and oxygen atoms in total. The standard InChI is InChI=1S/C18H26N2O2/c1-2-20-11-4-5-14(13-20)8-10-19-18(21)16-7-3-6-15-9-12-22-17(15)16/h3,6-7,14H,2,4-5,8-13H2,1H3,(H,19,21). The van der Waals surface area contributed by atoms with Crippen molar-refractivity contribution in [3.05, 3.63) is 29.3 Å². The molecule has 22 heavy (non-hydrogen) atoms. The van der Waals surface area contributed by atoms with Crippen molar-refractivity contribution in [1.29, 1.82) is 0 Å².